The van der Waals surface area contributed by atoms with Crippen LogP contribution in [0.1, 0.15) is 25.7 Å². The number of nitrogens with zero attached hydrogens (tertiary/aromatic N) is 1. The molecule has 2 amide bonds. The molecule has 19 heavy (non-hydrogen) atoms. The van der Waals surface area contributed by atoms with Crippen LogP contribution < -0.4 is 10.6 Å². The number of nitrogens with one attached hydrogen (secondary N) is 2. The second-order valence-electron chi connectivity index (χ2n) is 4.97. The second kappa shape index (κ2) is 6.87. The minimum absolute atomic E-state index is 0.0839. The van der Waals surface area contributed by atoms with Crippen LogP contribution in [-0.4, -0.2) is 23.8 Å². The molecular weight excluding hydrogens is 242 g/mol. The molecule has 0 saturated heterocycles. The number of pyridine rings is 1. The summed E-state index contributed by atoms with van der Waals surface area (Å²) in [7, 11) is 0. The summed E-state index contributed by atoms with van der Waals surface area (Å²) < 4.78 is 0. The molecule has 0 aromatic carbocycles. The predicted molar refractivity (Wildman–Crippen MR) is 72.4 cm³/mol. The molecule has 1 heterocycles. The molecular formula is C14H19N3O2. The number of anilines is 1. The first-order valence-corrected chi connectivity index (χ1v) is 6.67. The summed E-state index contributed by atoms with van der Waals surface area (Å²) in [5.74, 6) is 0.684. The number of rotatable bonds is 5. The highest BCUT2D eigenvalue weighted by atomic mass is 16.2. The van der Waals surface area contributed by atoms with E-state index in [2.05, 4.69) is 15.6 Å². The van der Waals surface area contributed by atoms with E-state index in [1.807, 2.05) is 0 Å². The van der Waals surface area contributed by atoms with Gasteiger partial charge in [0, 0.05) is 30.5 Å². The molecule has 2 N–H and O–H groups in total. The number of carbonyl (C=O) groups is 2. The van der Waals surface area contributed by atoms with Crippen molar-refractivity contribution in [2.24, 2.45) is 11.8 Å². The van der Waals surface area contributed by atoms with Crippen LogP contribution in [0.15, 0.2) is 24.5 Å². The maximum absolute atomic E-state index is 12.1. The quantitative estimate of drug-likeness (QED) is 0.790. The molecule has 0 atom stereocenters. The molecule has 1 saturated carbocycles. The summed E-state index contributed by atoms with van der Waals surface area (Å²) in [4.78, 5) is 26.2. The van der Waals surface area contributed by atoms with Crippen molar-refractivity contribution in [3.63, 3.8) is 0 Å². The van der Waals surface area contributed by atoms with Crippen molar-refractivity contribution in [3.8, 4) is 0 Å². The van der Waals surface area contributed by atoms with Gasteiger partial charge in [0.2, 0.25) is 12.3 Å². The molecule has 1 fully saturated rings. The summed E-state index contributed by atoms with van der Waals surface area (Å²) in [6.07, 6.45) is 7.84. The molecule has 0 spiro atoms. The monoisotopic (exact) mass is 261 g/mol. The van der Waals surface area contributed by atoms with Crippen LogP contribution in [0.2, 0.25) is 0 Å². The Hall–Kier alpha value is -1.91. The average Bonchev–Trinajstić information content (AvgIpc) is 2.46. The molecule has 1 aromatic heterocycles. The number of hydrogen-bond donors (Lipinski definition) is 2. The van der Waals surface area contributed by atoms with Crippen molar-refractivity contribution in [2.45, 2.75) is 25.7 Å². The summed E-state index contributed by atoms with van der Waals surface area (Å²) >= 11 is 0. The Labute approximate surface area is 112 Å². The molecule has 1 aliphatic carbocycles. The Balaban J connectivity index is 1.78. The maximum atomic E-state index is 12.1. The molecule has 5 heteroatoms. The third-order valence-electron chi connectivity index (χ3n) is 3.66. The summed E-state index contributed by atoms with van der Waals surface area (Å²) in [6.45, 7) is 0.724. The lowest BCUT2D eigenvalue weighted by atomic mass is 9.81. The largest absolute Gasteiger partial charge is 0.358 e. The fourth-order valence-corrected chi connectivity index (χ4v) is 2.52. The van der Waals surface area contributed by atoms with Gasteiger partial charge < -0.3 is 10.6 Å². The smallest absolute Gasteiger partial charge is 0.227 e. The third kappa shape index (κ3) is 4.05. The van der Waals surface area contributed by atoms with E-state index in [-0.39, 0.29) is 11.8 Å². The Bertz CT molecular complexity index is 414. The molecule has 1 aliphatic rings. The van der Waals surface area contributed by atoms with Crippen LogP contribution in [0.4, 0.5) is 5.69 Å². The van der Waals surface area contributed by atoms with E-state index < -0.39 is 0 Å². The van der Waals surface area contributed by atoms with Crippen LogP contribution in [-0.2, 0) is 9.59 Å². The molecule has 0 bridgehead atoms. The number of hydrogen-bond acceptors (Lipinski definition) is 3. The van der Waals surface area contributed by atoms with E-state index in [1.165, 1.54) is 0 Å². The SMILES string of the molecule is O=CNCC1CCC(C(=O)Nc2ccncc2)CC1. The van der Waals surface area contributed by atoms with E-state index in [9.17, 15) is 9.59 Å². The summed E-state index contributed by atoms with van der Waals surface area (Å²) in [5, 5.41) is 5.63. The van der Waals surface area contributed by atoms with Crippen LogP contribution >= 0.6 is 0 Å². The van der Waals surface area contributed by atoms with Gasteiger partial charge in [-0.25, -0.2) is 0 Å². The first kappa shape index (κ1) is 13.5. The fraction of sp³-hybridized carbons (Fsp3) is 0.500. The molecule has 5 nitrogen and oxygen atoms in total. The van der Waals surface area contributed by atoms with Gasteiger partial charge in [-0.3, -0.25) is 14.6 Å². The number of aromatic nitrogens is 1. The van der Waals surface area contributed by atoms with Crippen molar-refractivity contribution in [3.05, 3.63) is 24.5 Å². The highest BCUT2D eigenvalue weighted by Gasteiger charge is 2.26. The van der Waals surface area contributed by atoms with Crippen molar-refractivity contribution in [1.29, 1.82) is 0 Å². The minimum Gasteiger partial charge on any atom is -0.358 e. The third-order valence-corrected chi connectivity index (χ3v) is 3.66. The van der Waals surface area contributed by atoms with Gasteiger partial charge in [0.05, 0.1) is 0 Å². The maximum Gasteiger partial charge on any atom is 0.227 e. The van der Waals surface area contributed by atoms with Gasteiger partial charge in [0.1, 0.15) is 0 Å². The van der Waals surface area contributed by atoms with Gasteiger partial charge >= 0.3 is 0 Å². The van der Waals surface area contributed by atoms with Gasteiger partial charge in [-0.2, -0.15) is 0 Å². The first-order chi connectivity index (χ1) is 9.29. The lowest BCUT2D eigenvalue weighted by Crippen LogP contribution is -2.30. The minimum atomic E-state index is 0.0839. The highest BCUT2D eigenvalue weighted by molar-refractivity contribution is 5.92. The van der Waals surface area contributed by atoms with Crippen molar-refractivity contribution in [2.75, 3.05) is 11.9 Å². The Kier molecular flexibility index (Phi) is 4.89. The zero-order valence-corrected chi connectivity index (χ0v) is 10.8. The van der Waals surface area contributed by atoms with Gasteiger partial charge in [-0.15, -0.1) is 0 Å². The lowest BCUT2D eigenvalue weighted by Gasteiger charge is -2.27. The standard InChI is InChI=1S/C14H19N3O2/c18-10-16-9-11-1-3-12(4-2-11)14(19)17-13-5-7-15-8-6-13/h5-8,10-12H,1-4,9H2,(H,16,18)(H,15,17,19). The van der Waals surface area contributed by atoms with Gasteiger partial charge in [0.25, 0.3) is 0 Å². The van der Waals surface area contributed by atoms with E-state index in [0.29, 0.717) is 5.92 Å². The Morgan fingerprint density at radius 2 is 1.95 bits per heavy atom. The first-order valence-electron chi connectivity index (χ1n) is 6.67. The van der Waals surface area contributed by atoms with Crippen LogP contribution in [0.3, 0.4) is 0 Å². The van der Waals surface area contributed by atoms with Crippen LogP contribution in [0, 0.1) is 11.8 Å². The predicted octanol–water partition coefficient (Wildman–Crippen LogP) is 1.57. The molecule has 2 rings (SSSR count). The normalized spacial score (nSPS) is 22.5. The fourth-order valence-electron chi connectivity index (χ4n) is 2.52. The van der Waals surface area contributed by atoms with Gasteiger partial charge in [0.15, 0.2) is 0 Å². The molecule has 0 unspecified atom stereocenters. The zero-order chi connectivity index (χ0) is 13.5. The number of carbonyl (C=O) groups excluding carboxylic acids is 2. The van der Waals surface area contributed by atoms with E-state index in [4.69, 9.17) is 0 Å². The zero-order valence-electron chi connectivity index (χ0n) is 10.8. The van der Waals surface area contributed by atoms with Crippen LogP contribution in [0.5, 0.6) is 0 Å². The molecule has 0 aliphatic heterocycles. The Morgan fingerprint density at radius 3 is 2.58 bits per heavy atom. The molecule has 0 radical (unpaired) electrons. The summed E-state index contributed by atoms with van der Waals surface area (Å²) in [5.41, 5.74) is 0.796. The van der Waals surface area contributed by atoms with Gasteiger partial charge in [-0.1, -0.05) is 0 Å². The topological polar surface area (TPSA) is 71.1 Å². The van der Waals surface area contributed by atoms with Crippen molar-refractivity contribution < 1.29 is 9.59 Å². The van der Waals surface area contributed by atoms with E-state index in [1.54, 1.807) is 24.5 Å². The summed E-state index contributed by atoms with van der Waals surface area (Å²) in [6, 6.07) is 3.58. The van der Waals surface area contributed by atoms with Gasteiger partial charge in [-0.05, 0) is 43.7 Å². The lowest BCUT2D eigenvalue weighted by molar-refractivity contribution is -0.121. The Morgan fingerprint density at radius 1 is 1.26 bits per heavy atom. The average molecular weight is 261 g/mol. The van der Waals surface area contributed by atoms with E-state index in [0.717, 1.165) is 44.3 Å². The highest BCUT2D eigenvalue weighted by Crippen LogP contribution is 2.29. The van der Waals surface area contributed by atoms with Crippen LogP contribution in [0.25, 0.3) is 0 Å². The molecule has 102 valence electrons. The number of amides is 2. The van der Waals surface area contributed by atoms with E-state index >= 15 is 0 Å². The van der Waals surface area contributed by atoms with Crippen molar-refractivity contribution >= 4 is 18.0 Å². The second-order valence-corrected chi connectivity index (χ2v) is 4.97. The van der Waals surface area contributed by atoms with Crippen molar-refractivity contribution in [1.82, 2.24) is 10.3 Å². The molecule has 1 aromatic rings.